The van der Waals surface area contributed by atoms with Crippen LogP contribution in [0, 0.1) is 0 Å². The third kappa shape index (κ3) is 10.0. The Balaban J connectivity index is 0.00000420. The van der Waals surface area contributed by atoms with Crippen LogP contribution in [0.4, 0.5) is 0 Å². The first-order chi connectivity index (χ1) is 13.7. The number of aliphatic imine (C=N–C) groups is 1. The van der Waals surface area contributed by atoms with Crippen molar-refractivity contribution in [2.75, 3.05) is 46.4 Å². The second kappa shape index (κ2) is 15.2. The second-order valence-electron chi connectivity index (χ2n) is 6.76. The molecule has 1 aliphatic rings. The van der Waals surface area contributed by atoms with E-state index in [0.29, 0.717) is 32.0 Å². The summed E-state index contributed by atoms with van der Waals surface area (Å²) in [6.45, 7) is 6.39. The van der Waals surface area contributed by atoms with Crippen LogP contribution in [0.1, 0.15) is 39.0 Å². The SMILES string of the molecule is CCNC(=NCCCN1CCCCCC1=O)NCCOc1cccc(OC)c1.I. The standard InChI is InChI=1S/C21H34N4O3.HI/c1-3-22-21(23-12-8-15-25-14-6-4-5-11-20(25)26)24-13-16-28-19-10-7-9-18(17-19)27-2;/h7,9-10,17H,3-6,8,11-16H2,1-2H3,(H2,22,23,24);1H. The van der Waals surface area contributed by atoms with Gasteiger partial charge < -0.3 is 25.0 Å². The van der Waals surface area contributed by atoms with Gasteiger partial charge in [0.25, 0.3) is 0 Å². The molecule has 1 saturated heterocycles. The smallest absolute Gasteiger partial charge is 0.222 e. The van der Waals surface area contributed by atoms with Gasteiger partial charge in [0.15, 0.2) is 5.96 Å². The van der Waals surface area contributed by atoms with Crippen LogP contribution in [-0.2, 0) is 4.79 Å². The predicted molar refractivity (Wildman–Crippen MR) is 128 cm³/mol. The summed E-state index contributed by atoms with van der Waals surface area (Å²) in [6.07, 6.45) is 4.88. The summed E-state index contributed by atoms with van der Waals surface area (Å²) in [5.41, 5.74) is 0. The molecule has 29 heavy (non-hydrogen) atoms. The number of hydrogen-bond donors (Lipinski definition) is 2. The molecule has 1 fully saturated rings. The van der Waals surface area contributed by atoms with E-state index in [9.17, 15) is 4.79 Å². The van der Waals surface area contributed by atoms with Crippen LogP contribution >= 0.6 is 24.0 Å². The fraction of sp³-hybridized carbons (Fsp3) is 0.619. The minimum absolute atomic E-state index is 0. The molecular weight excluding hydrogens is 483 g/mol. The molecule has 0 radical (unpaired) electrons. The maximum atomic E-state index is 12.0. The molecule has 1 aliphatic heterocycles. The van der Waals surface area contributed by atoms with Gasteiger partial charge in [-0.25, -0.2) is 0 Å². The first kappa shape index (κ1) is 25.3. The van der Waals surface area contributed by atoms with E-state index in [1.54, 1.807) is 7.11 Å². The molecule has 1 heterocycles. The summed E-state index contributed by atoms with van der Waals surface area (Å²) in [5, 5.41) is 6.52. The van der Waals surface area contributed by atoms with Crippen molar-refractivity contribution in [3.63, 3.8) is 0 Å². The van der Waals surface area contributed by atoms with Gasteiger partial charge in [0.1, 0.15) is 18.1 Å². The van der Waals surface area contributed by atoms with Crippen molar-refractivity contribution < 1.29 is 14.3 Å². The number of rotatable bonds is 10. The van der Waals surface area contributed by atoms with E-state index < -0.39 is 0 Å². The lowest BCUT2D eigenvalue weighted by molar-refractivity contribution is -0.130. The fourth-order valence-corrected chi connectivity index (χ4v) is 3.10. The van der Waals surface area contributed by atoms with E-state index in [-0.39, 0.29) is 24.0 Å². The van der Waals surface area contributed by atoms with Gasteiger partial charge in [-0.2, -0.15) is 0 Å². The molecule has 7 nitrogen and oxygen atoms in total. The summed E-state index contributed by atoms with van der Waals surface area (Å²) < 4.78 is 10.9. The van der Waals surface area contributed by atoms with E-state index >= 15 is 0 Å². The molecule has 1 aromatic rings. The summed E-state index contributed by atoms with van der Waals surface area (Å²) in [6, 6.07) is 7.57. The normalized spacial score (nSPS) is 14.6. The maximum absolute atomic E-state index is 12.0. The molecule has 0 aliphatic carbocycles. The molecule has 0 atom stereocenters. The molecule has 0 aromatic heterocycles. The van der Waals surface area contributed by atoms with Crippen molar-refractivity contribution in [3.8, 4) is 11.5 Å². The molecule has 1 aromatic carbocycles. The van der Waals surface area contributed by atoms with Crippen LogP contribution in [0.5, 0.6) is 11.5 Å². The molecule has 1 amide bonds. The zero-order valence-corrected chi connectivity index (χ0v) is 19.9. The number of carbonyl (C=O) groups excluding carboxylic acids is 1. The lowest BCUT2D eigenvalue weighted by atomic mass is 10.2. The molecule has 2 rings (SSSR count). The number of amides is 1. The van der Waals surface area contributed by atoms with Gasteiger partial charge in [-0.3, -0.25) is 9.79 Å². The van der Waals surface area contributed by atoms with Crippen molar-refractivity contribution >= 4 is 35.8 Å². The summed E-state index contributed by atoms with van der Waals surface area (Å²) in [7, 11) is 1.64. The Morgan fingerprint density at radius 1 is 1.21 bits per heavy atom. The van der Waals surface area contributed by atoms with E-state index in [4.69, 9.17) is 9.47 Å². The number of methoxy groups -OCH3 is 1. The average Bonchev–Trinajstić information content (AvgIpc) is 2.92. The van der Waals surface area contributed by atoms with Crippen LogP contribution in [0.15, 0.2) is 29.3 Å². The van der Waals surface area contributed by atoms with Gasteiger partial charge in [-0.1, -0.05) is 12.5 Å². The molecule has 0 spiro atoms. The van der Waals surface area contributed by atoms with E-state index in [1.165, 1.54) is 0 Å². The van der Waals surface area contributed by atoms with E-state index in [2.05, 4.69) is 15.6 Å². The molecule has 0 saturated carbocycles. The molecule has 164 valence electrons. The molecule has 0 bridgehead atoms. The number of likely N-dealkylation sites (tertiary alicyclic amines) is 1. The molecule has 2 N–H and O–H groups in total. The average molecular weight is 518 g/mol. The van der Waals surface area contributed by atoms with Gasteiger partial charge in [0.2, 0.25) is 5.91 Å². The van der Waals surface area contributed by atoms with Crippen LogP contribution in [0.2, 0.25) is 0 Å². The van der Waals surface area contributed by atoms with Gasteiger partial charge in [0, 0.05) is 38.7 Å². The minimum atomic E-state index is 0. The third-order valence-corrected chi connectivity index (χ3v) is 4.58. The zero-order valence-electron chi connectivity index (χ0n) is 17.6. The highest BCUT2D eigenvalue weighted by atomic mass is 127. The number of hydrogen-bond acceptors (Lipinski definition) is 4. The Labute approximate surface area is 191 Å². The lowest BCUT2D eigenvalue weighted by Crippen LogP contribution is -2.39. The van der Waals surface area contributed by atoms with Crippen molar-refractivity contribution in [1.29, 1.82) is 0 Å². The van der Waals surface area contributed by atoms with Gasteiger partial charge in [-0.15, -0.1) is 24.0 Å². The highest BCUT2D eigenvalue weighted by Gasteiger charge is 2.15. The third-order valence-electron chi connectivity index (χ3n) is 4.58. The van der Waals surface area contributed by atoms with Crippen molar-refractivity contribution in [3.05, 3.63) is 24.3 Å². The zero-order chi connectivity index (χ0) is 20.0. The van der Waals surface area contributed by atoms with Crippen molar-refractivity contribution in [2.45, 2.75) is 39.0 Å². The Bertz CT molecular complexity index is 628. The molecular formula is C21H35IN4O3. The van der Waals surface area contributed by atoms with Crippen molar-refractivity contribution in [2.24, 2.45) is 4.99 Å². The van der Waals surface area contributed by atoms with Crippen molar-refractivity contribution in [1.82, 2.24) is 15.5 Å². The van der Waals surface area contributed by atoms with Crippen LogP contribution in [-0.4, -0.2) is 63.2 Å². The minimum Gasteiger partial charge on any atom is -0.497 e. The Morgan fingerprint density at radius 3 is 2.83 bits per heavy atom. The number of benzene rings is 1. The lowest BCUT2D eigenvalue weighted by Gasteiger charge is -2.20. The largest absolute Gasteiger partial charge is 0.497 e. The van der Waals surface area contributed by atoms with Gasteiger partial charge in [0.05, 0.1) is 13.7 Å². The number of carbonyl (C=O) groups is 1. The first-order valence-electron chi connectivity index (χ1n) is 10.3. The quantitative estimate of drug-likeness (QED) is 0.216. The maximum Gasteiger partial charge on any atom is 0.222 e. The number of guanidine groups is 1. The Kier molecular flexibility index (Phi) is 13.3. The second-order valence-corrected chi connectivity index (χ2v) is 6.76. The topological polar surface area (TPSA) is 75.2 Å². The predicted octanol–water partition coefficient (Wildman–Crippen LogP) is 3.04. The molecule has 0 unspecified atom stereocenters. The summed E-state index contributed by atoms with van der Waals surface area (Å²) in [5.74, 6) is 2.63. The van der Waals surface area contributed by atoms with Crippen LogP contribution < -0.4 is 20.1 Å². The highest BCUT2D eigenvalue weighted by Crippen LogP contribution is 2.18. The van der Waals surface area contributed by atoms with Gasteiger partial charge >= 0.3 is 0 Å². The number of ether oxygens (including phenoxy) is 2. The molecule has 8 heteroatoms. The monoisotopic (exact) mass is 518 g/mol. The summed E-state index contributed by atoms with van der Waals surface area (Å²) >= 11 is 0. The fourth-order valence-electron chi connectivity index (χ4n) is 3.10. The van der Waals surface area contributed by atoms with E-state index in [0.717, 1.165) is 62.8 Å². The number of nitrogens with one attached hydrogen (secondary N) is 2. The number of nitrogens with zero attached hydrogens (tertiary/aromatic N) is 2. The van der Waals surface area contributed by atoms with E-state index in [1.807, 2.05) is 36.1 Å². The highest BCUT2D eigenvalue weighted by molar-refractivity contribution is 14.0. The Morgan fingerprint density at radius 2 is 2.03 bits per heavy atom. The van der Waals surface area contributed by atoms with Gasteiger partial charge in [-0.05, 0) is 38.3 Å². The first-order valence-corrected chi connectivity index (χ1v) is 10.3. The van der Waals surface area contributed by atoms with Crippen LogP contribution in [0.25, 0.3) is 0 Å². The summed E-state index contributed by atoms with van der Waals surface area (Å²) in [4.78, 5) is 18.6. The Hall–Kier alpha value is -1.71. The van der Waals surface area contributed by atoms with Crippen LogP contribution in [0.3, 0.4) is 0 Å². The number of halogens is 1.